The van der Waals surface area contributed by atoms with E-state index in [4.69, 9.17) is 4.52 Å². The molecule has 3 rings (SSSR count). The van der Waals surface area contributed by atoms with Gasteiger partial charge in [0.05, 0.1) is 0 Å². The predicted octanol–water partition coefficient (Wildman–Crippen LogP) is 0.245. The Morgan fingerprint density at radius 3 is 2.89 bits per heavy atom. The van der Waals surface area contributed by atoms with Crippen molar-refractivity contribution in [3.8, 4) is 11.5 Å². The highest BCUT2D eigenvalue weighted by atomic mass is 16.5. The number of aromatic nitrogens is 4. The van der Waals surface area contributed by atoms with Gasteiger partial charge in [0.2, 0.25) is 0 Å². The summed E-state index contributed by atoms with van der Waals surface area (Å²) in [5.74, 6) is 1.94. The van der Waals surface area contributed by atoms with Gasteiger partial charge in [-0.3, -0.25) is 0 Å². The van der Waals surface area contributed by atoms with Gasteiger partial charge in [-0.2, -0.15) is 4.98 Å². The Hall–Kier alpha value is -2.02. The second kappa shape index (κ2) is 4.69. The van der Waals surface area contributed by atoms with Crippen molar-refractivity contribution in [1.82, 2.24) is 25.4 Å². The SMILES string of the molecule is Cc1noc(-c2cncnc2N2CCNCC2)n1. The van der Waals surface area contributed by atoms with E-state index in [9.17, 15) is 0 Å². The monoisotopic (exact) mass is 246 g/mol. The van der Waals surface area contributed by atoms with Crippen LogP contribution in [0.1, 0.15) is 5.82 Å². The first-order chi connectivity index (χ1) is 8.84. The van der Waals surface area contributed by atoms with E-state index < -0.39 is 0 Å². The molecule has 1 aliphatic rings. The molecule has 2 aromatic heterocycles. The van der Waals surface area contributed by atoms with E-state index in [0.717, 1.165) is 37.6 Å². The van der Waals surface area contributed by atoms with E-state index in [1.165, 1.54) is 0 Å². The fourth-order valence-corrected chi connectivity index (χ4v) is 2.01. The van der Waals surface area contributed by atoms with Crippen molar-refractivity contribution in [2.24, 2.45) is 0 Å². The third-order valence-electron chi connectivity index (χ3n) is 2.87. The molecule has 0 bridgehead atoms. The number of aryl methyl sites for hydroxylation is 1. The molecule has 7 heteroatoms. The zero-order valence-electron chi connectivity index (χ0n) is 10.1. The van der Waals surface area contributed by atoms with E-state index >= 15 is 0 Å². The molecule has 1 N–H and O–H groups in total. The summed E-state index contributed by atoms with van der Waals surface area (Å²) >= 11 is 0. The second-order valence-electron chi connectivity index (χ2n) is 4.14. The van der Waals surface area contributed by atoms with Crippen LogP contribution >= 0.6 is 0 Å². The zero-order valence-corrected chi connectivity index (χ0v) is 10.1. The Labute approximate surface area is 104 Å². The van der Waals surface area contributed by atoms with Gasteiger partial charge >= 0.3 is 0 Å². The molecule has 0 aliphatic carbocycles. The van der Waals surface area contributed by atoms with Crippen LogP contribution in [0.4, 0.5) is 5.82 Å². The van der Waals surface area contributed by atoms with Crippen molar-refractivity contribution < 1.29 is 4.52 Å². The van der Waals surface area contributed by atoms with Crippen molar-refractivity contribution in [2.45, 2.75) is 6.92 Å². The molecule has 94 valence electrons. The third kappa shape index (κ3) is 2.04. The molecule has 0 amide bonds. The van der Waals surface area contributed by atoms with Gasteiger partial charge < -0.3 is 14.7 Å². The van der Waals surface area contributed by atoms with E-state index in [-0.39, 0.29) is 0 Å². The summed E-state index contributed by atoms with van der Waals surface area (Å²) in [6.45, 7) is 5.52. The molecule has 7 nitrogen and oxygen atoms in total. The van der Waals surface area contributed by atoms with Crippen molar-refractivity contribution in [2.75, 3.05) is 31.1 Å². The lowest BCUT2D eigenvalue weighted by Crippen LogP contribution is -2.44. The molecule has 0 unspecified atom stereocenters. The lowest BCUT2D eigenvalue weighted by Gasteiger charge is -2.29. The maximum absolute atomic E-state index is 5.20. The number of nitrogens with zero attached hydrogens (tertiary/aromatic N) is 5. The van der Waals surface area contributed by atoms with Crippen LogP contribution in [0.15, 0.2) is 17.0 Å². The standard InChI is InChI=1S/C11H14N6O/c1-8-15-11(18-16-8)9-6-13-7-14-10(9)17-4-2-12-3-5-17/h6-7,12H,2-5H2,1H3. The Morgan fingerprint density at radius 2 is 2.17 bits per heavy atom. The van der Waals surface area contributed by atoms with Crippen LogP contribution in [0.25, 0.3) is 11.5 Å². The summed E-state index contributed by atoms with van der Waals surface area (Å²) in [6.07, 6.45) is 3.27. The Balaban J connectivity index is 1.99. The molecule has 1 saturated heterocycles. The summed E-state index contributed by atoms with van der Waals surface area (Å²) in [4.78, 5) is 14.8. The van der Waals surface area contributed by atoms with Gasteiger partial charge in [-0.25, -0.2) is 9.97 Å². The average Bonchev–Trinajstić information content (AvgIpc) is 2.86. The predicted molar refractivity (Wildman–Crippen MR) is 65.1 cm³/mol. The van der Waals surface area contributed by atoms with E-state index in [0.29, 0.717) is 11.7 Å². The molecule has 0 aromatic carbocycles. The largest absolute Gasteiger partial charge is 0.353 e. The first kappa shape index (κ1) is 11.1. The summed E-state index contributed by atoms with van der Waals surface area (Å²) < 4.78 is 5.20. The summed E-state index contributed by atoms with van der Waals surface area (Å²) in [5, 5.41) is 7.12. The van der Waals surface area contributed by atoms with Gasteiger partial charge in [0, 0.05) is 32.4 Å². The molecule has 18 heavy (non-hydrogen) atoms. The fraction of sp³-hybridized carbons (Fsp3) is 0.455. The van der Waals surface area contributed by atoms with Gasteiger partial charge in [0.15, 0.2) is 5.82 Å². The zero-order chi connectivity index (χ0) is 12.4. The van der Waals surface area contributed by atoms with Gasteiger partial charge in [0.1, 0.15) is 17.7 Å². The minimum Gasteiger partial charge on any atom is -0.353 e. The summed E-state index contributed by atoms with van der Waals surface area (Å²) in [7, 11) is 0. The van der Waals surface area contributed by atoms with Crippen LogP contribution < -0.4 is 10.2 Å². The Bertz CT molecular complexity index is 534. The third-order valence-corrected chi connectivity index (χ3v) is 2.87. The number of piperazine rings is 1. The van der Waals surface area contributed by atoms with Crippen molar-refractivity contribution in [1.29, 1.82) is 0 Å². The molecule has 2 aromatic rings. The van der Waals surface area contributed by atoms with Gasteiger partial charge in [-0.15, -0.1) is 0 Å². The summed E-state index contributed by atoms with van der Waals surface area (Å²) in [6, 6.07) is 0. The van der Waals surface area contributed by atoms with Crippen LogP contribution in [-0.4, -0.2) is 46.3 Å². The minimum atomic E-state index is 0.474. The van der Waals surface area contributed by atoms with Crippen LogP contribution in [0, 0.1) is 6.92 Å². The smallest absolute Gasteiger partial charge is 0.263 e. The maximum Gasteiger partial charge on any atom is 0.263 e. The molecular formula is C11H14N6O. The molecule has 1 fully saturated rings. The average molecular weight is 246 g/mol. The van der Waals surface area contributed by atoms with Crippen LogP contribution in [0.5, 0.6) is 0 Å². The highest BCUT2D eigenvalue weighted by Crippen LogP contribution is 2.26. The topological polar surface area (TPSA) is 80.0 Å². The number of anilines is 1. The quantitative estimate of drug-likeness (QED) is 0.813. The van der Waals surface area contributed by atoms with E-state index in [2.05, 4.69) is 30.3 Å². The van der Waals surface area contributed by atoms with Crippen LogP contribution in [0.3, 0.4) is 0 Å². The van der Waals surface area contributed by atoms with E-state index in [1.807, 2.05) is 0 Å². The van der Waals surface area contributed by atoms with Gasteiger partial charge in [-0.05, 0) is 6.92 Å². The number of hydrogen-bond donors (Lipinski definition) is 1. The van der Waals surface area contributed by atoms with Crippen LogP contribution in [0.2, 0.25) is 0 Å². The molecule has 0 radical (unpaired) electrons. The highest BCUT2D eigenvalue weighted by molar-refractivity contribution is 5.68. The lowest BCUT2D eigenvalue weighted by atomic mass is 10.2. The minimum absolute atomic E-state index is 0.474. The normalized spacial score (nSPS) is 15.9. The number of rotatable bonds is 2. The molecule has 3 heterocycles. The van der Waals surface area contributed by atoms with Crippen molar-refractivity contribution >= 4 is 5.82 Å². The second-order valence-corrected chi connectivity index (χ2v) is 4.14. The fourth-order valence-electron chi connectivity index (χ4n) is 2.01. The van der Waals surface area contributed by atoms with E-state index in [1.54, 1.807) is 19.4 Å². The first-order valence-electron chi connectivity index (χ1n) is 5.91. The van der Waals surface area contributed by atoms with Gasteiger partial charge in [-0.1, -0.05) is 5.16 Å². The van der Waals surface area contributed by atoms with Crippen LogP contribution in [-0.2, 0) is 0 Å². The Kier molecular flexibility index (Phi) is 2.89. The molecule has 0 saturated carbocycles. The number of hydrogen-bond acceptors (Lipinski definition) is 7. The number of nitrogens with one attached hydrogen (secondary N) is 1. The highest BCUT2D eigenvalue weighted by Gasteiger charge is 2.19. The van der Waals surface area contributed by atoms with Crippen molar-refractivity contribution in [3.05, 3.63) is 18.3 Å². The van der Waals surface area contributed by atoms with Crippen molar-refractivity contribution in [3.63, 3.8) is 0 Å². The van der Waals surface area contributed by atoms with Gasteiger partial charge in [0.25, 0.3) is 5.89 Å². The maximum atomic E-state index is 5.20. The first-order valence-corrected chi connectivity index (χ1v) is 5.91. The molecular weight excluding hydrogens is 232 g/mol. The summed E-state index contributed by atoms with van der Waals surface area (Å²) in [5.41, 5.74) is 0.792. The Morgan fingerprint density at radius 1 is 1.33 bits per heavy atom. The lowest BCUT2D eigenvalue weighted by molar-refractivity contribution is 0.425. The molecule has 1 aliphatic heterocycles. The molecule has 0 spiro atoms. The molecule has 0 atom stereocenters.